The van der Waals surface area contributed by atoms with Gasteiger partial charge in [-0.2, -0.15) is 0 Å². The van der Waals surface area contributed by atoms with Crippen LogP contribution in [0, 0.1) is 13.8 Å². The lowest BCUT2D eigenvalue weighted by Crippen LogP contribution is -2.03. The zero-order valence-electron chi connectivity index (χ0n) is 14.1. The number of fused-ring (bicyclic) bond motifs is 1. The van der Waals surface area contributed by atoms with Gasteiger partial charge in [-0.25, -0.2) is 0 Å². The Morgan fingerprint density at radius 2 is 1.83 bits per heavy atom. The van der Waals surface area contributed by atoms with Gasteiger partial charge in [0.1, 0.15) is 5.75 Å². The van der Waals surface area contributed by atoms with E-state index in [1.54, 1.807) is 18.2 Å². The molecule has 2 aromatic carbocycles. The van der Waals surface area contributed by atoms with Crippen LogP contribution >= 0.6 is 0 Å². The highest BCUT2D eigenvalue weighted by atomic mass is 16.5. The smallest absolute Gasteiger partial charge is 0.309 e. The summed E-state index contributed by atoms with van der Waals surface area (Å²) in [6.45, 7) is 4.24. The Balaban J connectivity index is 0.000000174. The van der Waals surface area contributed by atoms with Crippen LogP contribution in [0.25, 0.3) is 10.9 Å². The van der Waals surface area contributed by atoms with Crippen LogP contribution in [-0.2, 0) is 16.0 Å². The van der Waals surface area contributed by atoms with E-state index in [0.29, 0.717) is 0 Å². The topological polar surface area (TPSA) is 59.4 Å². The fraction of sp³-hybridized carbons (Fsp3) is 0.200. The number of rotatable bonds is 2. The second kappa shape index (κ2) is 8.11. The van der Waals surface area contributed by atoms with Gasteiger partial charge in [-0.15, -0.1) is 0 Å². The van der Waals surface area contributed by atoms with Crippen LogP contribution in [0.5, 0.6) is 5.75 Å². The number of aryl methyl sites for hydroxylation is 2. The molecule has 0 atom stereocenters. The molecular formula is C20H21NO3. The molecule has 0 amide bonds. The van der Waals surface area contributed by atoms with Crippen LogP contribution in [0.4, 0.5) is 0 Å². The highest BCUT2D eigenvalue weighted by Crippen LogP contribution is 2.16. The number of nitrogens with zero attached hydrogens (tertiary/aromatic N) is 1. The van der Waals surface area contributed by atoms with Crippen molar-refractivity contribution < 1.29 is 14.6 Å². The third kappa shape index (κ3) is 4.81. The van der Waals surface area contributed by atoms with Crippen LogP contribution in [-0.4, -0.2) is 23.2 Å². The van der Waals surface area contributed by atoms with E-state index in [1.807, 2.05) is 12.3 Å². The molecule has 0 bridgehead atoms. The van der Waals surface area contributed by atoms with Crippen molar-refractivity contribution in [3.63, 3.8) is 0 Å². The lowest BCUT2D eigenvalue weighted by molar-refractivity contribution is -0.139. The fourth-order valence-electron chi connectivity index (χ4n) is 2.24. The summed E-state index contributed by atoms with van der Waals surface area (Å²) < 4.78 is 4.47. The molecule has 0 unspecified atom stereocenters. The Bertz CT molecular complexity index is 803. The van der Waals surface area contributed by atoms with E-state index in [9.17, 15) is 4.79 Å². The van der Waals surface area contributed by atoms with E-state index in [2.05, 4.69) is 41.8 Å². The van der Waals surface area contributed by atoms with Gasteiger partial charge in [0.15, 0.2) is 0 Å². The number of ether oxygens (including phenoxy) is 1. The monoisotopic (exact) mass is 323 g/mol. The van der Waals surface area contributed by atoms with Gasteiger partial charge < -0.3 is 9.84 Å². The van der Waals surface area contributed by atoms with Gasteiger partial charge in [-0.05, 0) is 60.9 Å². The average molecular weight is 323 g/mol. The predicted octanol–water partition coefficient (Wildman–Crippen LogP) is 3.96. The average Bonchev–Trinajstić information content (AvgIpc) is 2.56. The standard InChI is InChI=1S/C11H11N.C9H10O3/c1-8-6-10-4-3-5-12-11(10)7-9(8)2;1-12-9(11)6-7-3-2-4-8(10)5-7/h3-7H,1-2H3;2-5,10H,6H2,1H3. The van der Waals surface area contributed by atoms with Crippen molar-refractivity contribution in [1.82, 2.24) is 4.98 Å². The molecular weight excluding hydrogens is 302 g/mol. The van der Waals surface area contributed by atoms with Crippen molar-refractivity contribution in [2.75, 3.05) is 7.11 Å². The number of hydrogen-bond donors (Lipinski definition) is 1. The van der Waals surface area contributed by atoms with Crippen molar-refractivity contribution >= 4 is 16.9 Å². The fourth-order valence-corrected chi connectivity index (χ4v) is 2.24. The zero-order chi connectivity index (χ0) is 17.5. The van der Waals surface area contributed by atoms with E-state index in [-0.39, 0.29) is 18.1 Å². The zero-order valence-corrected chi connectivity index (χ0v) is 14.1. The molecule has 1 heterocycles. The number of aromatic nitrogens is 1. The second-order valence-corrected chi connectivity index (χ2v) is 5.56. The Labute approximate surface area is 141 Å². The minimum atomic E-state index is -0.305. The number of esters is 1. The van der Waals surface area contributed by atoms with E-state index in [0.717, 1.165) is 11.1 Å². The Morgan fingerprint density at radius 1 is 1.08 bits per heavy atom. The van der Waals surface area contributed by atoms with Gasteiger partial charge in [0.2, 0.25) is 0 Å². The molecule has 124 valence electrons. The number of phenols is 1. The van der Waals surface area contributed by atoms with Crippen LogP contribution < -0.4 is 0 Å². The Hall–Kier alpha value is -2.88. The van der Waals surface area contributed by atoms with Crippen molar-refractivity contribution in [3.05, 3.63) is 71.4 Å². The summed E-state index contributed by atoms with van der Waals surface area (Å²) >= 11 is 0. The number of methoxy groups -OCH3 is 1. The molecule has 0 aliphatic heterocycles. The molecule has 0 spiro atoms. The van der Waals surface area contributed by atoms with Crippen molar-refractivity contribution in [2.24, 2.45) is 0 Å². The Kier molecular flexibility index (Phi) is 5.90. The maximum Gasteiger partial charge on any atom is 0.309 e. The first kappa shape index (κ1) is 17.5. The first-order chi connectivity index (χ1) is 11.5. The molecule has 0 saturated heterocycles. The number of carbonyl (C=O) groups excluding carboxylic acids is 1. The molecule has 3 aromatic rings. The van der Waals surface area contributed by atoms with Crippen LogP contribution in [0.3, 0.4) is 0 Å². The molecule has 4 nitrogen and oxygen atoms in total. The normalized spacial score (nSPS) is 9.96. The van der Waals surface area contributed by atoms with Gasteiger partial charge in [0.25, 0.3) is 0 Å². The maximum absolute atomic E-state index is 10.8. The molecule has 1 aromatic heterocycles. The van der Waals surface area contributed by atoms with E-state index in [1.165, 1.54) is 29.7 Å². The van der Waals surface area contributed by atoms with Crippen molar-refractivity contribution in [2.45, 2.75) is 20.3 Å². The summed E-state index contributed by atoms with van der Waals surface area (Å²) in [7, 11) is 1.34. The number of hydrogen-bond acceptors (Lipinski definition) is 4. The molecule has 1 N–H and O–H groups in total. The first-order valence-corrected chi connectivity index (χ1v) is 7.66. The van der Waals surface area contributed by atoms with E-state index >= 15 is 0 Å². The summed E-state index contributed by atoms with van der Waals surface area (Å²) in [6.07, 6.45) is 2.03. The van der Waals surface area contributed by atoms with Crippen LogP contribution in [0.1, 0.15) is 16.7 Å². The molecule has 0 aliphatic carbocycles. The number of benzene rings is 2. The molecule has 24 heavy (non-hydrogen) atoms. The summed E-state index contributed by atoms with van der Waals surface area (Å²) in [5.41, 5.74) is 4.47. The molecule has 0 saturated carbocycles. The summed E-state index contributed by atoms with van der Waals surface area (Å²) in [4.78, 5) is 15.1. The number of carbonyl (C=O) groups is 1. The highest BCUT2D eigenvalue weighted by Gasteiger charge is 2.02. The van der Waals surface area contributed by atoms with E-state index < -0.39 is 0 Å². The van der Waals surface area contributed by atoms with Gasteiger partial charge in [-0.3, -0.25) is 9.78 Å². The number of pyridine rings is 1. The summed E-state index contributed by atoms with van der Waals surface area (Å²) in [5, 5.41) is 10.3. The quantitative estimate of drug-likeness (QED) is 0.725. The van der Waals surface area contributed by atoms with Crippen molar-refractivity contribution in [1.29, 1.82) is 0 Å². The van der Waals surface area contributed by atoms with Gasteiger partial charge in [0.05, 0.1) is 19.0 Å². The Morgan fingerprint density at radius 3 is 2.54 bits per heavy atom. The molecule has 4 heteroatoms. The number of phenolic OH excluding ortho intramolecular Hbond substituents is 1. The second-order valence-electron chi connectivity index (χ2n) is 5.56. The SMILES string of the molecule is COC(=O)Cc1cccc(O)c1.Cc1cc2cccnc2cc1C. The summed E-state index contributed by atoms with van der Waals surface area (Å²) in [5.74, 6) is -0.142. The molecule has 0 fully saturated rings. The van der Waals surface area contributed by atoms with Crippen LogP contribution in [0.2, 0.25) is 0 Å². The molecule has 0 radical (unpaired) electrons. The lowest BCUT2D eigenvalue weighted by atomic mass is 10.1. The lowest BCUT2D eigenvalue weighted by Gasteiger charge is -2.01. The predicted molar refractivity (Wildman–Crippen MR) is 95.0 cm³/mol. The minimum Gasteiger partial charge on any atom is -0.508 e. The van der Waals surface area contributed by atoms with Crippen LogP contribution in [0.15, 0.2) is 54.7 Å². The number of aromatic hydroxyl groups is 1. The summed E-state index contributed by atoms with van der Waals surface area (Å²) in [6, 6.07) is 14.9. The molecule has 0 aliphatic rings. The minimum absolute atomic E-state index is 0.163. The third-order valence-electron chi connectivity index (χ3n) is 3.71. The first-order valence-electron chi connectivity index (χ1n) is 7.66. The highest BCUT2D eigenvalue weighted by molar-refractivity contribution is 5.79. The van der Waals surface area contributed by atoms with E-state index in [4.69, 9.17) is 5.11 Å². The van der Waals surface area contributed by atoms with Gasteiger partial charge >= 0.3 is 5.97 Å². The third-order valence-corrected chi connectivity index (χ3v) is 3.71. The largest absolute Gasteiger partial charge is 0.508 e. The molecule has 3 rings (SSSR count). The van der Waals surface area contributed by atoms with Crippen molar-refractivity contribution in [3.8, 4) is 5.75 Å². The maximum atomic E-state index is 10.8. The van der Waals surface area contributed by atoms with Gasteiger partial charge in [-0.1, -0.05) is 18.2 Å². The van der Waals surface area contributed by atoms with Gasteiger partial charge in [0, 0.05) is 11.6 Å².